The van der Waals surface area contributed by atoms with Gasteiger partial charge in [-0.15, -0.1) is 22.7 Å². The van der Waals surface area contributed by atoms with Crippen LogP contribution in [-0.2, 0) is 24.1 Å². The van der Waals surface area contributed by atoms with E-state index < -0.39 is 0 Å². The predicted molar refractivity (Wildman–Crippen MR) is 115 cm³/mol. The smallest absolute Gasteiger partial charge is 0.231 e. The minimum Gasteiger partial charge on any atom is -0.338 e. The number of fused-ring (bicyclic) bond motifs is 2. The van der Waals surface area contributed by atoms with Gasteiger partial charge in [0, 0.05) is 10.3 Å². The molecule has 7 heteroatoms. The van der Waals surface area contributed by atoms with Crippen molar-refractivity contribution >= 4 is 44.6 Å². The minimum absolute atomic E-state index is 0.0266. The fraction of sp³-hybridized carbons (Fsp3) is 0.286. The van der Waals surface area contributed by atoms with Crippen molar-refractivity contribution in [3.8, 4) is 11.4 Å². The molecule has 0 saturated carbocycles. The summed E-state index contributed by atoms with van der Waals surface area (Å²) in [4.78, 5) is 26.7. The van der Waals surface area contributed by atoms with E-state index in [0.717, 1.165) is 51.0 Å². The number of aromatic nitrogens is 3. The van der Waals surface area contributed by atoms with Gasteiger partial charge in [0.15, 0.2) is 0 Å². The molecule has 0 spiro atoms. The lowest BCUT2D eigenvalue weighted by molar-refractivity contribution is -0.115. The van der Waals surface area contributed by atoms with Gasteiger partial charge in [0.25, 0.3) is 0 Å². The molecule has 0 aliphatic heterocycles. The number of hydrogen-bond donors (Lipinski definition) is 2. The normalized spacial score (nSPS) is 13.6. The van der Waals surface area contributed by atoms with Crippen LogP contribution in [0.15, 0.2) is 29.6 Å². The molecule has 5 rings (SSSR count). The SMILES string of the molecule is Cc1nc(CC(=O)Nc2sc3c(c2-c2nc4ccccc4[nH]2)CCCC3)cs1. The van der Waals surface area contributed by atoms with E-state index in [9.17, 15) is 4.79 Å². The van der Waals surface area contributed by atoms with Gasteiger partial charge in [-0.2, -0.15) is 0 Å². The standard InChI is InChI=1S/C21H20N4OS2/c1-12-22-13(11-27-12)10-18(26)25-21-19(14-6-2-5-9-17(14)28-21)20-23-15-7-3-4-8-16(15)24-20/h3-4,7-8,11H,2,5-6,9-10H2,1H3,(H,23,24)(H,25,26). The first kappa shape index (κ1) is 17.6. The zero-order valence-corrected chi connectivity index (χ0v) is 17.2. The van der Waals surface area contributed by atoms with Crippen molar-refractivity contribution < 1.29 is 4.79 Å². The number of imidazole rings is 1. The Morgan fingerprint density at radius 2 is 2.07 bits per heavy atom. The van der Waals surface area contributed by atoms with E-state index in [-0.39, 0.29) is 5.91 Å². The van der Waals surface area contributed by atoms with Gasteiger partial charge in [0.1, 0.15) is 10.8 Å². The summed E-state index contributed by atoms with van der Waals surface area (Å²) in [6, 6.07) is 8.05. The quantitative estimate of drug-likeness (QED) is 0.492. The molecule has 3 heterocycles. The van der Waals surface area contributed by atoms with Gasteiger partial charge in [-0.1, -0.05) is 12.1 Å². The summed E-state index contributed by atoms with van der Waals surface area (Å²) in [6.45, 7) is 1.96. The molecule has 0 unspecified atom stereocenters. The van der Waals surface area contributed by atoms with E-state index in [4.69, 9.17) is 4.98 Å². The van der Waals surface area contributed by atoms with Gasteiger partial charge in [0.05, 0.1) is 33.7 Å². The summed E-state index contributed by atoms with van der Waals surface area (Å²) < 4.78 is 0. The molecule has 0 bridgehead atoms. The highest BCUT2D eigenvalue weighted by Gasteiger charge is 2.25. The molecule has 1 aliphatic carbocycles. The van der Waals surface area contributed by atoms with Gasteiger partial charge in [-0.3, -0.25) is 4.79 Å². The van der Waals surface area contributed by atoms with Crippen molar-refractivity contribution in [1.82, 2.24) is 15.0 Å². The Balaban J connectivity index is 1.52. The van der Waals surface area contributed by atoms with E-state index in [1.54, 1.807) is 22.7 Å². The Bertz CT molecular complexity index is 1140. The van der Waals surface area contributed by atoms with E-state index in [1.165, 1.54) is 23.3 Å². The Hall–Kier alpha value is -2.51. The Morgan fingerprint density at radius 1 is 1.21 bits per heavy atom. The van der Waals surface area contributed by atoms with Crippen LogP contribution in [0.25, 0.3) is 22.4 Å². The Labute approximate surface area is 170 Å². The Morgan fingerprint density at radius 3 is 2.89 bits per heavy atom. The number of thiazole rings is 1. The number of amides is 1. The van der Waals surface area contributed by atoms with Gasteiger partial charge >= 0.3 is 0 Å². The van der Waals surface area contributed by atoms with Crippen LogP contribution < -0.4 is 5.32 Å². The van der Waals surface area contributed by atoms with Crippen LogP contribution in [0, 0.1) is 6.92 Å². The minimum atomic E-state index is -0.0266. The largest absolute Gasteiger partial charge is 0.338 e. The molecule has 0 atom stereocenters. The number of aryl methyl sites for hydroxylation is 2. The molecule has 3 aromatic heterocycles. The van der Waals surface area contributed by atoms with Crippen LogP contribution in [0.5, 0.6) is 0 Å². The highest BCUT2D eigenvalue weighted by atomic mass is 32.1. The van der Waals surface area contributed by atoms with E-state index in [2.05, 4.69) is 15.3 Å². The highest BCUT2D eigenvalue weighted by molar-refractivity contribution is 7.17. The van der Waals surface area contributed by atoms with Crippen molar-refractivity contribution in [3.63, 3.8) is 0 Å². The second kappa shape index (κ2) is 7.14. The number of carbonyl (C=O) groups is 1. The molecule has 5 nitrogen and oxygen atoms in total. The van der Waals surface area contributed by atoms with Crippen molar-refractivity contribution in [3.05, 3.63) is 50.8 Å². The molecule has 0 radical (unpaired) electrons. The van der Waals surface area contributed by atoms with Crippen molar-refractivity contribution in [1.29, 1.82) is 0 Å². The van der Waals surface area contributed by atoms with Crippen LogP contribution in [0.3, 0.4) is 0 Å². The van der Waals surface area contributed by atoms with E-state index in [0.29, 0.717) is 6.42 Å². The van der Waals surface area contributed by atoms with E-state index in [1.807, 2.05) is 36.6 Å². The average molecular weight is 409 g/mol. The molecule has 1 aliphatic rings. The van der Waals surface area contributed by atoms with E-state index >= 15 is 0 Å². The summed E-state index contributed by atoms with van der Waals surface area (Å²) in [5, 5.41) is 6.99. The first-order valence-electron chi connectivity index (χ1n) is 9.48. The lowest BCUT2D eigenvalue weighted by Crippen LogP contribution is -2.14. The number of thiophene rings is 1. The summed E-state index contributed by atoms with van der Waals surface area (Å²) in [5.74, 6) is 0.821. The number of rotatable bonds is 4. The molecule has 0 saturated heterocycles. The number of nitrogens with one attached hydrogen (secondary N) is 2. The molecule has 142 valence electrons. The summed E-state index contributed by atoms with van der Waals surface area (Å²) in [6.07, 6.45) is 4.81. The average Bonchev–Trinajstić information content (AvgIpc) is 3.37. The maximum Gasteiger partial charge on any atom is 0.231 e. The lowest BCUT2D eigenvalue weighted by Gasteiger charge is -2.11. The molecule has 2 N–H and O–H groups in total. The van der Waals surface area contributed by atoms with Crippen LogP contribution in [0.1, 0.15) is 34.0 Å². The van der Waals surface area contributed by atoms with Crippen molar-refractivity contribution in [2.45, 2.75) is 39.0 Å². The fourth-order valence-electron chi connectivity index (χ4n) is 3.80. The number of anilines is 1. The van der Waals surface area contributed by atoms with Gasteiger partial charge < -0.3 is 10.3 Å². The zero-order valence-electron chi connectivity index (χ0n) is 15.5. The third-order valence-corrected chi connectivity index (χ3v) is 7.09. The predicted octanol–water partition coefficient (Wildman–Crippen LogP) is 5.12. The number of aromatic amines is 1. The number of hydrogen-bond acceptors (Lipinski definition) is 5. The molecule has 1 amide bonds. The Kier molecular flexibility index (Phi) is 4.49. The third kappa shape index (κ3) is 3.25. The molecule has 4 aromatic rings. The topological polar surface area (TPSA) is 70.7 Å². The summed E-state index contributed by atoms with van der Waals surface area (Å²) in [7, 11) is 0. The first-order valence-corrected chi connectivity index (χ1v) is 11.2. The summed E-state index contributed by atoms with van der Waals surface area (Å²) in [5.41, 5.74) is 5.20. The van der Waals surface area contributed by atoms with Crippen LogP contribution in [0.4, 0.5) is 5.00 Å². The number of carbonyl (C=O) groups excluding carboxylic acids is 1. The molecular formula is C21H20N4OS2. The molecule has 1 aromatic carbocycles. The maximum atomic E-state index is 12.7. The van der Waals surface area contributed by atoms with Crippen molar-refractivity contribution in [2.75, 3.05) is 5.32 Å². The second-order valence-corrected chi connectivity index (χ2v) is 9.27. The van der Waals surface area contributed by atoms with Crippen LogP contribution >= 0.6 is 22.7 Å². The van der Waals surface area contributed by atoms with Gasteiger partial charge in [-0.05, 0) is 50.3 Å². The number of H-pyrrole nitrogens is 1. The first-order chi connectivity index (χ1) is 13.7. The van der Waals surface area contributed by atoms with Crippen LogP contribution in [-0.4, -0.2) is 20.9 Å². The maximum absolute atomic E-state index is 12.7. The molecule has 0 fully saturated rings. The third-order valence-electron chi connectivity index (χ3n) is 5.06. The summed E-state index contributed by atoms with van der Waals surface area (Å²) >= 11 is 3.27. The number of para-hydroxylation sites is 2. The lowest BCUT2D eigenvalue weighted by atomic mass is 9.95. The molecule has 28 heavy (non-hydrogen) atoms. The monoisotopic (exact) mass is 408 g/mol. The number of benzene rings is 1. The fourth-order valence-corrected chi connectivity index (χ4v) is 5.72. The van der Waals surface area contributed by atoms with Gasteiger partial charge in [0.2, 0.25) is 5.91 Å². The molecular weight excluding hydrogens is 388 g/mol. The van der Waals surface area contributed by atoms with Gasteiger partial charge in [-0.25, -0.2) is 9.97 Å². The highest BCUT2D eigenvalue weighted by Crippen LogP contribution is 2.43. The second-order valence-electron chi connectivity index (χ2n) is 7.10. The van der Waals surface area contributed by atoms with Crippen molar-refractivity contribution in [2.24, 2.45) is 0 Å². The van der Waals surface area contributed by atoms with Crippen LogP contribution in [0.2, 0.25) is 0 Å². The zero-order chi connectivity index (χ0) is 19.1. The number of nitrogens with zero attached hydrogens (tertiary/aromatic N) is 2.